The van der Waals surface area contributed by atoms with E-state index in [1.165, 1.54) is 30.3 Å². The Kier molecular flexibility index (Phi) is 3.83. The number of carbonyl (C=O) groups excluding carboxylic acids is 1. The van der Waals surface area contributed by atoms with Gasteiger partial charge in [0.15, 0.2) is 0 Å². The summed E-state index contributed by atoms with van der Waals surface area (Å²) >= 11 is 0. The minimum Gasteiger partial charge on any atom is -0.423 e. The van der Waals surface area contributed by atoms with E-state index < -0.39 is 16.5 Å². The summed E-state index contributed by atoms with van der Waals surface area (Å²) in [7, 11) is 0. The molecule has 0 aliphatic rings. The number of nitrogens with one attached hydrogen (secondary N) is 1. The molecule has 2 aromatic carbocycles. The number of rotatable bonds is 3. The first-order chi connectivity index (χ1) is 11.4. The van der Waals surface area contributed by atoms with Gasteiger partial charge in [-0.2, -0.15) is 0 Å². The lowest BCUT2D eigenvalue weighted by molar-refractivity contribution is -0.384. The second-order valence-corrected chi connectivity index (χ2v) is 5.22. The molecule has 24 heavy (non-hydrogen) atoms. The van der Waals surface area contributed by atoms with Crippen molar-refractivity contribution < 1.29 is 14.1 Å². The number of nitro groups is 1. The Bertz CT molecular complexity index is 1020. The van der Waals surface area contributed by atoms with E-state index in [0.29, 0.717) is 11.3 Å². The topological polar surface area (TPSA) is 102 Å². The first kappa shape index (κ1) is 15.4. The molecule has 0 aliphatic heterocycles. The maximum atomic E-state index is 12.2. The maximum absolute atomic E-state index is 12.2. The molecule has 120 valence electrons. The SMILES string of the molecule is Cc1cc(=O)oc2cc(NC(=O)c3cccc([N+](=O)[O-])c3)ccc12. The Balaban J connectivity index is 1.92. The minimum atomic E-state index is -0.565. The van der Waals surface area contributed by atoms with E-state index in [9.17, 15) is 19.7 Å². The molecule has 7 nitrogen and oxygen atoms in total. The molecule has 0 saturated heterocycles. The number of anilines is 1. The van der Waals surface area contributed by atoms with Crippen molar-refractivity contribution in [3.63, 3.8) is 0 Å². The number of hydrogen-bond donors (Lipinski definition) is 1. The molecule has 3 rings (SSSR count). The quantitative estimate of drug-likeness (QED) is 0.452. The van der Waals surface area contributed by atoms with E-state index in [1.54, 1.807) is 25.1 Å². The summed E-state index contributed by atoms with van der Waals surface area (Å²) < 4.78 is 5.12. The Hall–Kier alpha value is -3.48. The third kappa shape index (κ3) is 3.00. The minimum absolute atomic E-state index is 0.162. The van der Waals surface area contributed by atoms with Crippen molar-refractivity contribution in [3.8, 4) is 0 Å². The predicted octanol–water partition coefficient (Wildman–Crippen LogP) is 3.26. The van der Waals surface area contributed by atoms with E-state index in [0.717, 1.165) is 10.9 Å². The molecule has 7 heteroatoms. The zero-order chi connectivity index (χ0) is 17.3. The normalized spacial score (nSPS) is 10.5. The zero-order valence-corrected chi connectivity index (χ0v) is 12.6. The third-order valence-corrected chi connectivity index (χ3v) is 3.53. The van der Waals surface area contributed by atoms with E-state index in [2.05, 4.69) is 5.32 Å². The number of nitro benzene ring substituents is 1. The first-order valence-corrected chi connectivity index (χ1v) is 7.04. The zero-order valence-electron chi connectivity index (χ0n) is 12.6. The van der Waals surface area contributed by atoms with Crippen LogP contribution in [0.3, 0.4) is 0 Å². The Morgan fingerprint density at radius 3 is 2.71 bits per heavy atom. The number of amides is 1. The van der Waals surface area contributed by atoms with Crippen LogP contribution in [-0.4, -0.2) is 10.8 Å². The summed E-state index contributed by atoms with van der Waals surface area (Å²) in [5, 5.41) is 14.2. The van der Waals surface area contributed by atoms with Gasteiger partial charge in [0.25, 0.3) is 11.6 Å². The van der Waals surface area contributed by atoms with Crippen LogP contribution in [0.1, 0.15) is 15.9 Å². The van der Waals surface area contributed by atoms with Gasteiger partial charge in [-0.15, -0.1) is 0 Å². The lowest BCUT2D eigenvalue weighted by Crippen LogP contribution is -2.12. The van der Waals surface area contributed by atoms with Crippen molar-refractivity contribution in [3.05, 3.63) is 80.2 Å². The van der Waals surface area contributed by atoms with Crippen molar-refractivity contribution >= 4 is 28.3 Å². The highest BCUT2D eigenvalue weighted by Crippen LogP contribution is 2.21. The van der Waals surface area contributed by atoms with Gasteiger partial charge in [0.05, 0.1) is 4.92 Å². The molecule has 0 spiro atoms. The van der Waals surface area contributed by atoms with Crippen LogP contribution in [0.4, 0.5) is 11.4 Å². The number of aryl methyl sites for hydroxylation is 1. The molecular weight excluding hydrogens is 312 g/mol. The average Bonchev–Trinajstić information content (AvgIpc) is 2.54. The Morgan fingerprint density at radius 2 is 1.96 bits per heavy atom. The van der Waals surface area contributed by atoms with Crippen molar-refractivity contribution in [1.29, 1.82) is 0 Å². The highest BCUT2D eigenvalue weighted by molar-refractivity contribution is 6.05. The first-order valence-electron chi connectivity index (χ1n) is 7.04. The molecule has 0 radical (unpaired) electrons. The lowest BCUT2D eigenvalue weighted by Gasteiger charge is -2.07. The highest BCUT2D eigenvalue weighted by Gasteiger charge is 2.12. The number of nitrogens with zero attached hydrogens (tertiary/aromatic N) is 1. The summed E-state index contributed by atoms with van der Waals surface area (Å²) in [4.78, 5) is 33.9. The molecule has 1 amide bonds. The van der Waals surface area contributed by atoms with Gasteiger partial charge in [-0.25, -0.2) is 4.79 Å². The summed E-state index contributed by atoms with van der Waals surface area (Å²) in [5.41, 5.74) is 1.09. The van der Waals surface area contributed by atoms with Crippen molar-refractivity contribution in [2.24, 2.45) is 0 Å². The predicted molar refractivity (Wildman–Crippen MR) is 88.3 cm³/mol. The van der Waals surface area contributed by atoms with Gasteiger partial charge >= 0.3 is 5.63 Å². The number of carbonyl (C=O) groups is 1. The second kappa shape index (κ2) is 5.96. The fourth-order valence-electron chi connectivity index (χ4n) is 2.37. The van der Waals surface area contributed by atoms with Crippen LogP contribution in [-0.2, 0) is 0 Å². The maximum Gasteiger partial charge on any atom is 0.336 e. The van der Waals surface area contributed by atoms with Crippen molar-refractivity contribution in [1.82, 2.24) is 0 Å². The number of benzene rings is 2. The van der Waals surface area contributed by atoms with Crippen LogP contribution in [0, 0.1) is 17.0 Å². The van der Waals surface area contributed by atoms with Gasteiger partial charge in [-0.05, 0) is 30.7 Å². The average molecular weight is 324 g/mol. The molecule has 0 unspecified atom stereocenters. The van der Waals surface area contributed by atoms with E-state index in [4.69, 9.17) is 4.42 Å². The summed E-state index contributed by atoms with van der Waals surface area (Å²) in [6, 6.07) is 11.8. The molecule has 3 aromatic rings. The number of non-ortho nitro benzene ring substituents is 1. The van der Waals surface area contributed by atoms with E-state index in [1.807, 2.05) is 0 Å². The van der Waals surface area contributed by atoms with Gasteiger partial charge in [0, 0.05) is 40.9 Å². The van der Waals surface area contributed by atoms with Crippen LogP contribution in [0.5, 0.6) is 0 Å². The number of hydrogen-bond acceptors (Lipinski definition) is 5. The highest BCUT2D eigenvalue weighted by atomic mass is 16.6. The second-order valence-electron chi connectivity index (χ2n) is 5.22. The van der Waals surface area contributed by atoms with Crippen LogP contribution in [0.15, 0.2) is 57.7 Å². The lowest BCUT2D eigenvalue weighted by atomic mass is 10.1. The molecule has 1 heterocycles. The summed E-state index contributed by atoms with van der Waals surface area (Å²) in [6.07, 6.45) is 0. The van der Waals surface area contributed by atoms with Gasteiger partial charge in [0.2, 0.25) is 0 Å². The van der Waals surface area contributed by atoms with Gasteiger partial charge in [0.1, 0.15) is 5.58 Å². The van der Waals surface area contributed by atoms with Gasteiger partial charge in [-0.1, -0.05) is 6.07 Å². The smallest absolute Gasteiger partial charge is 0.336 e. The van der Waals surface area contributed by atoms with Crippen LogP contribution < -0.4 is 10.9 Å². The largest absolute Gasteiger partial charge is 0.423 e. The summed E-state index contributed by atoms with van der Waals surface area (Å²) in [5.74, 6) is -0.493. The molecule has 0 fully saturated rings. The van der Waals surface area contributed by atoms with Gasteiger partial charge < -0.3 is 9.73 Å². The molecule has 0 atom stereocenters. The molecule has 0 aliphatic carbocycles. The van der Waals surface area contributed by atoms with E-state index in [-0.39, 0.29) is 11.3 Å². The molecule has 0 bridgehead atoms. The number of fused-ring (bicyclic) bond motifs is 1. The fraction of sp³-hybridized carbons (Fsp3) is 0.0588. The molecule has 0 saturated carbocycles. The molecule has 1 aromatic heterocycles. The van der Waals surface area contributed by atoms with E-state index >= 15 is 0 Å². The Morgan fingerprint density at radius 1 is 1.17 bits per heavy atom. The van der Waals surface area contributed by atoms with Crippen molar-refractivity contribution in [2.75, 3.05) is 5.32 Å². The molecule has 1 N–H and O–H groups in total. The fourth-order valence-corrected chi connectivity index (χ4v) is 2.37. The standard InChI is InChI=1S/C17H12N2O5/c1-10-7-16(20)24-15-9-12(5-6-14(10)15)18-17(21)11-3-2-4-13(8-11)19(22)23/h2-9H,1H3,(H,18,21). The third-order valence-electron chi connectivity index (χ3n) is 3.53. The van der Waals surface area contributed by atoms with Crippen LogP contribution in [0.25, 0.3) is 11.0 Å². The van der Waals surface area contributed by atoms with Crippen LogP contribution >= 0.6 is 0 Å². The Labute approximate surface area is 135 Å². The van der Waals surface area contributed by atoms with Crippen LogP contribution in [0.2, 0.25) is 0 Å². The molecular formula is C17H12N2O5. The monoisotopic (exact) mass is 324 g/mol. The van der Waals surface area contributed by atoms with Gasteiger partial charge in [-0.3, -0.25) is 14.9 Å². The summed E-state index contributed by atoms with van der Waals surface area (Å²) in [6.45, 7) is 1.79. The van der Waals surface area contributed by atoms with Crippen molar-refractivity contribution in [2.45, 2.75) is 6.92 Å².